The fourth-order valence-corrected chi connectivity index (χ4v) is 3.66. The summed E-state index contributed by atoms with van der Waals surface area (Å²) in [6, 6.07) is 1.71. The Balaban J connectivity index is 2.04. The quantitative estimate of drug-likeness (QED) is 0.704. The zero-order valence-corrected chi connectivity index (χ0v) is 18.3. The standard InChI is InChI=1S/C20H35N5O4/c1-15-12-20(14-21,6-7-24(15)5)23-17(26)16(13-19(2,3)4)22-18(27)29-25-8-10-28-11-9-25/h15-16H,6-13H2,1-5H3,(H,22,27)(H,23,26). The Morgan fingerprint density at radius 2 is 1.97 bits per heavy atom. The molecule has 0 bridgehead atoms. The molecule has 9 nitrogen and oxygen atoms in total. The minimum atomic E-state index is -0.922. The van der Waals surface area contributed by atoms with Crippen LogP contribution in [-0.4, -0.2) is 79.5 Å². The monoisotopic (exact) mass is 409 g/mol. The number of likely N-dealkylation sites (tertiary alicyclic amines) is 1. The number of hydroxylamine groups is 2. The third-order valence-corrected chi connectivity index (χ3v) is 5.47. The first kappa shape index (κ1) is 23.4. The van der Waals surface area contributed by atoms with E-state index < -0.39 is 17.7 Å². The molecule has 2 aliphatic rings. The maximum atomic E-state index is 13.1. The number of amides is 2. The molecule has 0 saturated carbocycles. The summed E-state index contributed by atoms with van der Waals surface area (Å²) in [5.41, 5.74) is -1.12. The van der Waals surface area contributed by atoms with Crippen molar-refractivity contribution in [2.75, 3.05) is 39.9 Å². The van der Waals surface area contributed by atoms with Crippen LogP contribution in [0.15, 0.2) is 0 Å². The van der Waals surface area contributed by atoms with E-state index in [-0.39, 0.29) is 17.4 Å². The summed E-state index contributed by atoms with van der Waals surface area (Å²) in [7, 11) is 2.01. The molecule has 9 heteroatoms. The van der Waals surface area contributed by atoms with Crippen LogP contribution in [0.4, 0.5) is 4.79 Å². The van der Waals surface area contributed by atoms with E-state index in [4.69, 9.17) is 9.57 Å². The highest BCUT2D eigenvalue weighted by Crippen LogP contribution is 2.27. The van der Waals surface area contributed by atoms with Gasteiger partial charge in [-0.05, 0) is 38.6 Å². The Labute approximate surface area is 173 Å². The topological polar surface area (TPSA) is 107 Å². The molecule has 2 saturated heterocycles. The molecule has 2 N–H and O–H groups in total. The third-order valence-electron chi connectivity index (χ3n) is 5.47. The van der Waals surface area contributed by atoms with Crippen molar-refractivity contribution in [2.45, 2.75) is 64.6 Å². The van der Waals surface area contributed by atoms with Gasteiger partial charge in [0.15, 0.2) is 0 Å². The van der Waals surface area contributed by atoms with Crippen LogP contribution in [0.1, 0.15) is 47.0 Å². The maximum Gasteiger partial charge on any atom is 0.426 e. The van der Waals surface area contributed by atoms with E-state index in [0.29, 0.717) is 45.6 Å². The summed E-state index contributed by atoms with van der Waals surface area (Å²) in [6.07, 6.45) is 0.857. The Morgan fingerprint density at radius 1 is 1.31 bits per heavy atom. The van der Waals surface area contributed by atoms with E-state index in [1.165, 1.54) is 5.06 Å². The van der Waals surface area contributed by atoms with Gasteiger partial charge in [-0.25, -0.2) is 4.79 Å². The number of nitriles is 1. The second-order valence-corrected chi connectivity index (χ2v) is 9.35. The first-order chi connectivity index (χ1) is 13.5. The lowest BCUT2D eigenvalue weighted by Crippen LogP contribution is -2.60. The molecule has 0 aromatic carbocycles. The second-order valence-electron chi connectivity index (χ2n) is 9.35. The first-order valence-electron chi connectivity index (χ1n) is 10.3. The number of hydrogen-bond donors (Lipinski definition) is 2. The molecule has 0 spiro atoms. The molecule has 29 heavy (non-hydrogen) atoms. The lowest BCUT2D eigenvalue weighted by Gasteiger charge is -2.41. The van der Waals surface area contributed by atoms with Gasteiger partial charge in [0.1, 0.15) is 11.6 Å². The van der Waals surface area contributed by atoms with Gasteiger partial charge in [-0.1, -0.05) is 20.8 Å². The van der Waals surface area contributed by atoms with E-state index in [1.54, 1.807) is 0 Å². The molecule has 164 valence electrons. The third kappa shape index (κ3) is 7.14. The molecular weight excluding hydrogens is 374 g/mol. The summed E-state index contributed by atoms with van der Waals surface area (Å²) in [5.74, 6) is -0.350. The first-order valence-corrected chi connectivity index (χ1v) is 10.3. The summed E-state index contributed by atoms with van der Waals surface area (Å²) >= 11 is 0. The molecular formula is C20H35N5O4. The molecule has 2 heterocycles. The van der Waals surface area contributed by atoms with Crippen molar-refractivity contribution in [1.29, 1.82) is 5.26 Å². The Morgan fingerprint density at radius 3 is 2.52 bits per heavy atom. The van der Waals surface area contributed by atoms with Gasteiger partial charge in [0.05, 0.1) is 32.4 Å². The average Bonchev–Trinajstić information content (AvgIpc) is 2.64. The summed E-state index contributed by atoms with van der Waals surface area (Å²) in [4.78, 5) is 33.0. The van der Waals surface area contributed by atoms with Gasteiger partial charge in [0.25, 0.3) is 0 Å². The number of morpholine rings is 1. The molecule has 3 unspecified atom stereocenters. The van der Waals surface area contributed by atoms with E-state index in [9.17, 15) is 14.9 Å². The van der Waals surface area contributed by atoms with Crippen LogP contribution in [-0.2, 0) is 14.4 Å². The van der Waals surface area contributed by atoms with Crippen LogP contribution in [0.2, 0.25) is 0 Å². The summed E-state index contributed by atoms with van der Waals surface area (Å²) < 4.78 is 5.24. The predicted octanol–water partition coefficient (Wildman–Crippen LogP) is 1.26. The number of nitrogens with one attached hydrogen (secondary N) is 2. The highest BCUT2D eigenvalue weighted by atomic mass is 16.7. The minimum Gasteiger partial charge on any atom is -0.379 e. The lowest BCUT2D eigenvalue weighted by molar-refractivity contribution is -0.148. The van der Waals surface area contributed by atoms with Gasteiger partial charge in [-0.15, -0.1) is 5.06 Å². The largest absolute Gasteiger partial charge is 0.426 e. The molecule has 2 aliphatic heterocycles. The Bertz CT molecular complexity index is 623. The molecule has 0 aromatic rings. The molecule has 2 fully saturated rings. The molecule has 3 atom stereocenters. The van der Waals surface area contributed by atoms with Crippen LogP contribution in [0, 0.1) is 16.7 Å². The molecule has 0 radical (unpaired) electrons. The lowest BCUT2D eigenvalue weighted by atomic mass is 9.83. The van der Waals surface area contributed by atoms with Crippen LogP contribution < -0.4 is 10.6 Å². The SMILES string of the molecule is CC1CC(C#N)(NC(=O)C(CC(C)(C)C)NC(=O)ON2CCOCC2)CCN1C. The van der Waals surface area contributed by atoms with Crippen molar-refractivity contribution in [3.63, 3.8) is 0 Å². The van der Waals surface area contributed by atoms with Crippen LogP contribution in [0.5, 0.6) is 0 Å². The fourth-order valence-electron chi connectivity index (χ4n) is 3.66. The van der Waals surface area contributed by atoms with Crippen LogP contribution in [0.3, 0.4) is 0 Å². The Kier molecular flexibility index (Phi) is 7.86. The summed E-state index contributed by atoms with van der Waals surface area (Å²) in [6.45, 7) is 10.7. The van der Waals surface area contributed by atoms with Crippen LogP contribution >= 0.6 is 0 Å². The summed E-state index contributed by atoms with van der Waals surface area (Å²) in [5, 5.41) is 17.0. The van der Waals surface area contributed by atoms with E-state index in [0.717, 1.165) is 6.54 Å². The van der Waals surface area contributed by atoms with Gasteiger partial charge in [0.2, 0.25) is 5.91 Å². The predicted molar refractivity (Wildman–Crippen MR) is 108 cm³/mol. The van der Waals surface area contributed by atoms with Crippen molar-refractivity contribution >= 4 is 12.0 Å². The smallest absolute Gasteiger partial charge is 0.379 e. The van der Waals surface area contributed by atoms with Crippen molar-refractivity contribution in [3.8, 4) is 6.07 Å². The van der Waals surface area contributed by atoms with Gasteiger partial charge in [-0.3, -0.25) is 4.79 Å². The van der Waals surface area contributed by atoms with Crippen molar-refractivity contribution in [1.82, 2.24) is 20.6 Å². The number of piperidine rings is 1. The average molecular weight is 410 g/mol. The number of rotatable bonds is 5. The number of nitrogens with zero attached hydrogens (tertiary/aromatic N) is 3. The van der Waals surface area contributed by atoms with Crippen molar-refractivity contribution in [3.05, 3.63) is 0 Å². The highest BCUT2D eigenvalue weighted by Gasteiger charge is 2.40. The second kappa shape index (κ2) is 9.74. The molecule has 2 amide bonds. The van der Waals surface area contributed by atoms with E-state index in [1.807, 2.05) is 34.7 Å². The normalized spacial score (nSPS) is 27.5. The van der Waals surface area contributed by atoms with E-state index in [2.05, 4.69) is 21.6 Å². The van der Waals surface area contributed by atoms with Gasteiger partial charge in [-0.2, -0.15) is 5.26 Å². The highest BCUT2D eigenvalue weighted by molar-refractivity contribution is 5.86. The minimum absolute atomic E-state index is 0.184. The van der Waals surface area contributed by atoms with Gasteiger partial charge in [0, 0.05) is 12.6 Å². The molecule has 0 aliphatic carbocycles. The maximum absolute atomic E-state index is 13.1. The van der Waals surface area contributed by atoms with Crippen LogP contribution in [0.25, 0.3) is 0 Å². The fraction of sp³-hybridized carbons (Fsp3) is 0.850. The number of hydrogen-bond acceptors (Lipinski definition) is 7. The number of ether oxygens (including phenoxy) is 1. The Hall–Kier alpha value is -1.89. The van der Waals surface area contributed by atoms with Crippen molar-refractivity contribution < 1.29 is 19.2 Å². The van der Waals surface area contributed by atoms with E-state index >= 15 is 0 Å². The van der Waals surface area contributed by atoms with Gasteiger partial charge < -0.3 is 25.1 Å². The zero-order valence-electron chi connectivity index (χ0n) is 18.3. The van der Waals surface area contributed by atoms with Gasteiger partial charge >= 0.3 is 6.09 Å². The number of carbonyl (C=O) groups excluding carboxylic acids is 2. The molecule has 0 aromatic heterocycles. The molecule has 2 rings (SSSR count). The zero-order chi connectivity index (χ0) is 21.7. The number of carbonyl (C=O) groups is 2. The van der Waals surface area contributed by atoms with Crippen molar-refractivity contribution in [2.24, 2.45) is 5.41 Å².